The lowest BCUT2D eigenvalue weighted by atomic mass is 10.1. The summed E-state index contributed by atoms with van der Waals surface area (Å²) in [6.45, 7) is 7.62. The fraction of sp³-hybridized carbons (Fsp3) is 0.667. The number of piperazine rings is 1. The molecule has 2 heterocycles. The number of nitrogens with two attached hydrogens (primary N) is 1. The third-order valence-electron chi connectivity index (χ3n) is 3.14. The lowest BCUT2D eigenvalue weighted by Crippen LogP contribution is -2.50. The molecule has 0 aromatic carbocycles. The van der Waals surface area contributed by atoms with Gasteiger partial charge in [0.15, 0.2) is 5.82 Å². The van der Waals surface area contributed by atoms with Gasteiger partial charge in [-0.25, -0.2) is 10.8 Å². The Morgan fingerprint density at radius 1 is 1.40 bits per heavy atom. The maximum atomic E-state index is 9.85. The van der Waals surface area contributed by atoms with Gasteiger partial charge < -0.3 is 10.0 Å². The summed E-state index contributed by atoms with van der Waals surface area (Å²) < 4.78 is 0. The first-order chi connectivity index (χ1) is 9.39. The van der Waals surface area contributed by atoms with Crippen LogP contribution in [0, 0.1) is 0 Å². The van der Waals surface area contributed by atoms with E-state index in [0.717, 1.165) is 26.2 Å². The molecule has 0 unspecified atom stereocenters. The Balaban J connectivity index is 2.00. The maximum Gasteiger partial charge on any atom is 0.239 e. The zero-order valence-corrected chi connectivity index (χ0v) is 12.6. The van der Waals surface area contributed by atoms with E-state index in [2.05, 4.69) is 25.2 Å². The van der Waals surface area contributed by atoms with Crippen molar-refractivity contribution in [2.24, 2.45) is 5.84 Å². The summed E-state index contributed by atoms with van der Waals surface area (Å²) in [5.41, 5.74) is 1.75. The second kappa shape index (κ2) is 6.09. The van der Waals surface area contributed by atoms with Gasteiger partial charge in [0.05, 0.1) is 11.8 Å². The van der Waals surface area contributed by atoms with Gasteiger partial charge in [0, 0.05) is 32.7 Å². The van der Waals surface area contributed by atoms with Gasteiger partial charge in [0.25, 0.3) is 0 Å². The van der Waals surface area contributed by atoms with E-state index in [-0.39, 0.29) is 0 Å². The lowest BCUT2D eigenvalue weighted by Gasteiger charge is -2.38. The largest absolute Gasteiger partial charge is 0.389 e. The van der Waals surface area contributed by atoms with Crippen LogP contribution in [0.2, 0.25) is 5.02 Å². The molecule has 20 heavy (non-hydrogen) atoms. The highest BCUT2D eigenvalue weighted by atomic mass is 35.5. The number of nitrogen functional groups attached to an aromatic ring is 1. The van der Waals surface area contributed by atoms with E-state index in [1.807, 2.05) is 13.8 Å². The summed E-state index contributed by atoms with van der Waals surface area (Å²) in [7, 11) is 0. The number of hydrogen-bond donors (Lipinski definition) is 3. The van der Waals surface area contributed by atoms with Gasteiger partial charge in [-0.05, 0) is 13.8 Å². The average molecular weight is 301 g/mol. The van der Waals surface area contributed by atoms with E-state index in [9.17, 15) is 5.11 Å². The highest BCUT2D eigenvalue weighted by Gasteiger charge is 2.24. The minimum absolute atomic E-state index is 0.350. The van der Waals surface area contributed by atoms with Crippen LogP contribution in [-0.2, 0) is 0 Å². The molecule has 1 aliphatic rings. The number of rotatable bonds is 4. The maximum absolute atomic E-state index is 9.85. The van der Waals surface area contributed by atoms with Crippen molar-refractivity contribution in [3.63, 3.8) is 0 Å². The monoisotopic (exact) mass is 300 g/mol. The predicted molar refractivity (Wildman–Crippen MR) is 79.8 cm³/mol. The first-order valence-electron chi connectivity index (χ1n) is 6.58. The molecule has 0 amide bonds. The number of hydrazine groups is 1. The van der Waals surface area contributed by atoms with Crippen LogP contribution in [-0.4, -0.2) is 58.3 Å². The summed E-state index contributed by atoms with van der Waals surface area (Å²) >= 11 is 6.14. The van der Waals surface area contributed by atoms with Gasteiger partial charge in [0.2, 0.25) is 5.95 Å². The number of aliphatic hydroxyl groups is 1. The summed E-state index contributed by atoms with van der Waals surface area (Å²) in [4.78, 5) is 12.6. The summed E-state index contributed by atoms with van der Waals surface area (Å²) in [6, 6.07) is 0. The van der Waals surface area contributed by atoms with Crippen molar-refractivity contribution < 1.29 is 5.11 Å². The smallest absolute Gasteiger partial charge is 0.239 e. The van der Waals surface area contributed by atoms with Crippen LogP contribution in [0.15, 0.2) is 6.20 Å². The van der Waals surface area contributed by atoms with E-state index in [1.165, 1.54) is 0 Å². The molecular weight excluding hydrogens is 280 g/mol. The van der Waals surface area contributed by atoms with Crippen LogP contribution in [0.25, 0.3) is 0 Å². The molecule has 1 aromatic heterocycles. The molecule has 1 fully saturated rings. The normalized spacial score (nSPS) is 17.4. The molecule has 1 aliphatic heterocycles. The number of nitrogens with zero attached hydrogens (tertiary/aromatic N) is 4. The molecule has 1 aromatic rings. The third-order valence-corrected chi connectivity index (χ3v) is 3.40. The van der Waals surface area contributed by atoms with Crippen molar-refractivity contribution in [2.75, 3.05) is 43.0 Å². The molecule has 0 radical (unpaired) electrons. The van der Waals surface area contributed by atoms with Crippen LogP contribution in [0.1, 0.15) is 13.8 Å². The number of aromatic nitrogens is 2. The molecule has 0 spiro atoms. The zero-order valence-electron chi connectivity index (χ0n) is 11.8. The van der Waals surface area contributed by atoms with Gasteiger partial charge >= 0.3 is 0 Å². The van der Waals surface area contributed by atoms with Crippen LogP contribution < -0.4 is 16.2 Å². The molecule has 0 bridgehead atoms. The highest BCUT2D eigenvalue weighted by molar-refractivity contribution is 6.32. The predicted octanol–water partition coefficient (Wildman–Crippen LogP) is 0.309. The fourth-order valence-corrected chi connectivity index (χ4v) is 2.53. The van der Waals surface area contributed by atoms with Crippen molar-refractivity contribution in [3.8, 4) is 0 Å². The molecule has 2 rings (SSSR count). The van der Waals surface area contributed by atoms with Gasteiger partial charge in [-0.15, -0.1) is 0 Å². The van der Waals surface area contributed by atoms with Crippen molar-refractivity contribution in [3.05, 3.63) is 11.2 Å². The Labute approximate surface area is 123 Å². The summed E-state index contributed by atoms with van der Waals surface area (Å²) in [5.74, 6) is 6.36. The zero-order chi connectivity index (χ0) is 14.8. The Bertz CT molecular complexity index is 456. The highest BCUT2D eigenvalue weighted by Crippen LogP contribution is 2.24. The molecule has 7 nitrogen and oxygen atoms in total. The Morgan fingerprint density at radius 3 is 2.60 bits per heavy atom. The fourth-order valence-electron chi connectivity index (χ4n) is 2.31. The number of halogens is 1. The summed E-state index contributed by atoms with van der Waals surface area (Å²) in [6.07, 6.45) is 1.54. The second-order valence-electron chi connectivity index (χ2n) is 5.59. The van der Waals surface area contributed by atoms with Gasteiger partial charge in [-0.1, -0.05) is 11.6 Å². The second-order valence-corrected chi connectivity index (χ2v) is 5.99. The molecule has 0 aliphatic carbocycles. The van der Waals surface area contributed by atoms with Crippen molar-refractivity contribution in [1.29, 1.82) is 0 Å². The van der Waals surface area contributed by atoms with Gasteiger partial charge in [-0.3, -0.25) is 10.3 Å². The Hall–Kier alpha value is -1.15. The minimum Gasteiger partial charge on any atom is -0.389 e. The van der Waals surface area contributed by atoms with Crippen LogP contribution in [0.5, 0.6) is 0 Å². The quantitative estimate of drug-likeness (QED) is 0.544. The van der Waals surface area contributed by atoms with Gasteiger partial charge in [0.1, 0.15) is 5.02 Å². The van der Waals surface area contributed by atoms with Crippen LogP contribution >= 0.6 is 11.6 Å². The lowest BCUT2D eigenvalue weighted by molar-refractivity contribution is 0.0344. The van der Waals surface area contributed by atoms with E-state index < -0.39 is 5.60 Å². The standard InChI is InChI=1S/C12H21ClN6O/c1-12(2,20)8-18-3-5-19(6-4-18)10-9(13)7-15-11(16-10)17-14/h7,20H,3-6,8,14H2,1-2H3,(H,15,16,17). The molecule has 4 N–H and O–H groups in total. The molecule has 1 saturated heterocycles. The topological polar surface area (TPSA) is 90.5 Å². The van der Waals surface area contributed by atoms with Crippen molar-refractivity contribution in [1.82, 2.24) is 14.9 Å². The Morgan fingerprint density at radius 2 is 2.05 bits per heavy atom. The third kappa shape index (κ3) is 3.92. The van der Waals surface area contributed by atoms with Crippen molar-refractivity contribution in [2.45, 2.75) is 19.4 Å². The number of anilines is 2. The molecule has 112 valence electrons. The molecular formula is C12H21ClN6O. The average Bonchev–Trinajstić information content (AvgIpc) is 2.39. The molecule has 0 atom stereocenters. The van der Waals surface area contributed by atoms with Crippen LogP contribution in [0.3, 0.4) is 0 Å². The van der Waals surface area contributed by atoms with E-state index in [1.54, 1.807) is 6.20 Å². The molecule has 8 heteroatoms. The van der Waals surface area contributed by atoms with E-state index in [0.29, 0.717) is 23.3 Å². The van der Waals surface area contributed by atoms with E-state index in [4.69, 9.17) is 17.4 Å². The summed E-state index contributed by atoms with van der Waals surface area (Å²) in [5, 5.41) is 10.4. The number of nitrogens with one attached hydrogen (secondary N) is 1. The van der Waals surface area contributed by atoms with Gasteiger partial charge in [-0.2, -0.15) is 4.98 Å². The minimum atomic E-state index is -0.675. The van der Waals surface area contributed by atoms with Crippen LogP contribution in [0.4, 0.5) is 11.8 Å². The number of hydrogen-bond acceptors (Lipinski definition) is 7. The van der Waals surface area contributed by atoms with Crippen molar-refractivity contribution >= 4 is 23.4 Å². The number of β-amino-alcohol motifs (C(OH)–C–C–N with tert-alkyl or cyclic N) is 1. The first-order valence-corrected chi connectivity index (χ1v) is 6.96. The van der Waals surface area contributed by atoms with E-state index >= 15 is 0 Å². The molecule has 0 saturated carbocycles. The Kier molecular flexibility index (Phi) is 4.64. The first kappa shape index (κ1) is 15.2. The SMILES string of the molecule is CC(C)(O)CN1CCN(c2nc(NN)ncc2Cl)CC1.